The molecule has 12 heteroatoms. The van der Waals surface area contributed by atoms with E-state index in [0.29, 0.717) is 36.6 Å². The third-order valence-electron chi connectivity index (χ3n) is 10.7. The maximum Gasteiger partial charge on any atom is 0.323 e. The average molecular weight is 861 g/mol. The van der Waals surface area contributed by atoms with Crippen LogP contribution in [0.2, 0.25) is 0 Å². The van der Waals surface area contributed by atoms with Gasteiger partial charge in [0.2, 0.25) is 11.8 Å². The van der Waals surface area contributed by atoms with Crippen LogP contribution in [0, 0.1) is 5.92 Å². The molecule has 61 heavy (non-hydrogen) atoms. The lowest BCUT2D eigenvalue weighted by molar-refractivity contribution is -0.149. The molecule has 2 unspecified atom stereocenters. The molecule has 320 valence electrons. The van der Waals surface area contributed by atoms with Crippen LogP contribution in [0.3, 0.4) is 0 Å². The van der Waals surface area contributed by atoms with Gasteiger partial charge in [0.05, 0.1) is 7.11 Å². The number of nitrogens with one attached hydrogen (secondary N) is 1. The first kappa shape index (κ1) is 45.1. The van der Waals surface area contributed by atoms with Crippen LogP contribution in [-0.4, -0.2) is 84.0 Å². The van der Waals surface area contributed by atoms with Crippen LogP contribution in [0.5, 0.6) is 17.2 Å². The van der Waals surface area contributed by atoms with Crippen molar-refractivity contribution in [3.63, 3.8) is 0 Å². The lowest BCUT2D eigenvalue weighted by Gasteiger charge is -2.37. The Morgan fingerprint density at radius 1 is 0.787 bits per heavy atom. The number of para-hydroxylation sites is 2. The standard InChI is InChI=1S/C49H56N4O6S2/c1-36(17-26-47(55)50-33-38-13-7-9-15-45(38)53-30-28-52(29-31-53)34-37-11-5-4-6-12-37)61-43-24-20-41(21-25-43)59-49(57)44(27-32-60-42-22-18-40(54)19-23-42)48(56)51(2)35-39-14-8-10-16-46(39)58-3/h4-16,18-25,36,44,54H,17,26-35H2,1-3H3,(H,50,55). The largest absolute Gasteiger partial charge is 0.508 e. The summed E-state index contributed by atoms with van der Waals surface area (Å²) in [6.45, 7) is 7.70. The molecule has 0 spiro atoms. The maximum absolute atomic E-state index is 13.8. The molecule has 1 fully saturated rings. The van der Waals surface area contributed by atoms with Gasteiger partial charge in [0.15, 0.2) is 0 Å². The molecule has 6 rings (SSSR count). The lowest BCUT2D eigenvalue weighted by Crippen LogP contribution is -2.46. The molecule has 0 saturated carbocycles. The Kier molecular flexibility index (Phi) is 17.0. The number of rotatable bonds is 20. The number of methoxy groups -OCH3 is 1. The highest BCUT2D eigenvalue weighted by Gasteiger charge is 2.31. The Bertz CT molecular complexity index is 2160. The van der Waals surface area contributed by atoms with Crippen molar-refractivity contribution in [1.29, 1.82) is 0 Å². The molecule has 0 aromatic heterocycles. The number of phenols is 1. The third kappa shape index (κ3) is 13.8. The summed E-state index contributed by atoms with van der Waals surface area (Å²) in [6, 6.07) is 40.5. The number of phenolic OH excluding ortho intramolecular Hbond substituents is 1. The van der Waals surface area contributed by atoms with Crippen molar-refractivity contribution in [3.8, 4) is 17.2 Å². The Balaban J connectivity index is 0.963. The van der Waals surface area contributed by atoms with Crippen molar-refractivity contribution in [2.45, 2.75) is 60.9 Å². The normalized spacial score (nSPS) is 13.9. The molecule has 1 aliphatic rings. The molecule has 0 radical (unpaired) electrons. The summed E-state index contributed by atoms with van der Waals surface area (Å²) in [6.07, 6.45) is 1.38. The minimum Gasteiger partial charge on any atom is -0.508 e. The van der Waals surface area contributed by atoms with E-state index in [2.05, 4.69) is 70.6 Å². The number of anilines is 1. The molecular formula is C49H56N4O6S2. The van der Waals surface area contributed by atoms with E-state index in [1.165, 1.54) is 27.9 Å². The molecule has 5 aromatic rings. The number of carbonyl (C=O) groups excluding carboxylic acids is 3. The second-order valence-electron chi connectivity index (χ2n) is 15.2. The minimum absolute atomic E-state index is 0.0244. The number of piperazine rings is 1. The Morgan fingerprint density at radius 2 is 1.44 bits per heavy atom. The van der Waals surface area contributed by atoms with Gasteiger partial charge in [-0.3, -0.25) is 19.3 Å². The Morgan fingerprint density at radius 3 is 2.16 bits per heavy atom. The molecule has 0 aliphatic carbocycles. The van der Waals surface area contributed by atoms with Crippen LogP contribution in [-0.2, 0) is 34.0 Å². The maximum atomic E-state index is 13.8. The van der Waals surface area contributed by atoms with E-state index in [0.717, 1.165) is 53.6 Å². The summed E-state index contributed by atoms with van der Waals surface area (Å²) in [5.74, 6) is -0.283. The number of carbonyl (C=O) groups is 3. The zero-order valence-electron chi connectivity index (χ0n) is 35.2. The monoisotopic (exact) mass is 860 g/mol. The summed E-state index contributed by atoms with van der Waals surface area (Å²) in [4.78, 5) is 48.8. The van der Waals surface area contributed by atoms with Crippen LogP contribution >= 0.6 is 23.5 Å². The van der Waals surface area contributed by atoms with E-state index in [1.807, 2.05) is 42.5 Å². The molecule has 2 amide bonds. The van der Waals surface area contributed by atoms with Gasteiger partial charge >= 0.3 is 5.97 Å². The summed E-state index contributed by atoms with van der Waals surface area (Å²) in [5.41, 5.74) is 4.47. The zero-order valence-corrected chi connectivity index (χ0v) is 36.8. The minimum atomic E-state index is -1.03. The van der Waals surface area contributed by atoms with Crippen molar-refractivity contribution in [2.24, 2.45) is 5.92 Å². The van der Waals surface area contributed by atoms with Gasteiger partial charge < -0.3 is 29.7 Å². The number of aromatic hydroxyl groups is 1. The number of amides is 2. The summed E-state index contributed by atoms with van der Waals surface area (Å²) >= 11 is 3.16. The summed E-state index contributed by atoms with van der Waals surface area (Å²) < 4.78 is 11.3. The fourth-order valence-corrected chi connectivity index (χ4v) is 9.16. The van der Waals surface area contributed by atoms with Gasteiger partial charge in [-0.05, 0) is 90.4 Å². The number of ether oxygens (including phenoxy) is 2. The number of hydrogen-bond acceptors (Lipinski definition) is 10. The SMILES string of the molecule is COc1ccccc1CN(C)C(=O)C(CCSc1ccc(O)cc1)C(=O)Oc1ccc(SC(C)CCC(=O)NCc2ccccc2N2CCN(Cc3ccccc3)CC2)cc1. The second kappa shape index (κ2) is 23.0. The number of thioether (sulfide) groups is 2. The third-order valence-corrected chi connectivity index (χ3v) is 12.9. The van der Waals surface area contributed by atoms with E-state index in [-0.39, 0.29) is 35.8 Å². The predicted molar refractivity (Wildman–Crippen MR) is 245 cm³/mol. The fourth-order valence-electron chi connectivity index (χ4n) is 7.25. The van der Waals surface area contributed by atoms with E-state index in [4.69, 9.17) is 9.47 Å². The van der Waals surface area contributed by atoms with Crippen LogP contribution in [0.25, 0.3) is 0 Å². The van der Waals surface area contributed by atoms with Gasteiger partial charge in [-0.25, -0.2) is 0 Å². The van der Waals surface area contributed by atoms with Crippen molar-refractivity contribution in [1.82, 2.24) is 15.1 Å². The summed E-state index contributed by atoms with van der Waals surface area (Å²) in [5, 5.41) is 13.0. The van der Waals surface area contributed by atoms with E-state index < -0.39 is 11.9 Å². The molecule has 5 aromatic carbocycles. The van der Waals surface area contributed by atoms with Gasteiger partial charge in [-0.2, -0.15) is 0 Å². The molecular weight excluding hydrogens is 805 g/mol. The van der Waals surface area contributed by atoms with Gasteiger partial charge in [-0.1, -0.05) is 73.7 Å². The van der Waals surface area contributed by atoms with Crippen LogP contribution in [0.4, 0.5) is 5.69 Å². The van der Waals surface area contributed by atoms with Crippen molar-refractivity contribution < 1.29 is 29.0 Å². The molecule has 1 heterocycles. The first-order valence-electron chi connectivity index (χ1n) is 20.8. The lowest BCUT2D eigenvalue weighted by atomic mass is 10.0. The zero-order chi connectivity index (χ0) is 43.0. The van der Waals surface area contributed by atoms with E-state index in [9.17, 15) is 19.5 Å². The number of hydrogen-bond donors (Lipinski definition) is 2. The highest BCUT2D eigenvalue weighted by molar-refractivity contribution is 8.00. The molecule has 2 atom stereocenters. The average Bonchev–Trinajstić information content (AvgIpc) is 3.28. The topological polar surface area (TPSA) is 112 Å². The number of esters is 1. The van der Waals surface area contributed by atoms with Crippen molar-refractivity contribution in [2.75, 3.05) is 51.0 Å². The Labute approximate surface area is 368 Å². The second-order valence-corrected chi connectivity index (χ2v) is 17.9. The molecule has 0 bridgehead atoms. The van der Waals surface area contributed by atoms with Gasteiger partial charge in [0.1, 0.15) is 23.2 Å². The highest BCUT2D eigenvalue weighted by Crippen LogP contribution is 2.30. The summed E-state index contributed by atoms with van der Waals surface area (Å²) in [7, 11) is 3.26. The quantitative estimate of drug-likeness (QED) is 0.0342. The van der Waals surface area contributed by atoms with Gasteiger partial charge in [0, 0.05) is 85.6 Å². The highest BCUT2D eigenvalue weighted by atomic mass is 32.2. The van der Waals surface area contributed by atoms with Crippen LogP contribution in [0.15, 0.2) is 137 Å². The predicted octanol–water partition coefficient (Wildman–Crippen LogP) is 8.66. The molecule has 1 aliphatic heterocycles. The molecule has 10 nitrogen and oxygen atoms in total. The van der Waals surface area contributed by atoms with Crippen molar-refractivity contribution in [3.05, 3.63) is 144 Å². The van der Waals surface area contributed by atoms with E-state index in [1.54, 1.807) is 62.3 Å². The smallest absolute Gasteiger partial charge is 0.323 e. The van der Waals surface area contributed by atoms with Gasteiger partial charge in [-0.15, -0.1) is 23.5 Å². The van der Waals surface area contributed by atoms with E-state index >= 15 is 0 Å². The number of nitrogens with zero attached hydrogens (tertiary/aromatic N) is 3. The van der Waals surface area contributed by atoms with Crippen molar-refractivity contribution >= 4 is 47.0 Å². The Hall–Kier alpha value is -5.43. The first-order valence-corrected chi connectivity index (χ1v) is 22.6. The first-order chi connectivity index (χ1) is 29.6. The number of benzene rings is 5. The fraction of sp³-hybridized carbons (Fsp3) is 0.327. The molecule has 1 saturated heterocycles. The van der Waals surface area contributed by atoms with Crippen LogP contribution in [0.1, 0.15) is 42.9 Å². The van der Waals surface area contributed by atoms with Gasteiger partial charge in [0.25, 0.3) is 0 Å². The van der Waals surface area contributed by atoms with Crippen LogP contribution < -0.4 is 19.7 Å². The molecule has 2 N–H and O–H groups in total.